The summed E-state index contributed by atoms with van der Waals surface area (Å²) in [7, 11) is 1.83. The second kappa shape index (κ2) is 6.69. The van der Waals surface area contributed by atoms with E-state index in [0.717, 1.165) is 12.1 Å². The van der Waals surface area contributed by atoms with Gasteiger partial charge in [0.1, 0.15) is 5.82 Å². The van der Waals surface area contributed by atoms with E-state index in [-0.39, 0.29) is 11.9 Å². The van der Waals surface area contributed by atoms with Crippen LogP contribution < -0.4 is 11.3 Å². The maximum absolute atomic E-state index is 12.6. The number of hydrazine groups is 1. The third-order valence-electron chi connectivity index (χ3n) is 3.41. The standard InChI is InChI=1S/C15H20N4OS/c1-10-7-12(9-14(17-10)18-16)15(20)19(3)11(2)8-13-5-4-6-21-13/h4-7,9,11H,8,16H2,1-3H3,(H,17,18). The van der Waals surface area contributed by atoms with E-state index in [1.54, 1.807) is 28.4 Å². The molecule has 0 radical (unpaired) electrons. The number of nitrogen functional groups attached to an aromatic ring is 1. The van der Waals surface area contributed by atoms with Crippen LogP contribution in [0.3, 0.4) is 0 Å². The summed E-state index contributed by atoms with van der Waals surface area (Å²) in [5.74, 6) is 5.85. The first kappa shape index (κ1) is 15.5. The van der Waals surface area contributed by atoms with Gasteiger partial charge in [-0.15, -0.1) is 11.3 Å². The smallest absolute Gasteiger partial charge is 0.254 e. The Bertz CT molecular complexity index is 612. The molecule has 0 aliphatic rings. The van der Waals surface area contributed by atoms with Gasteiger partial charge in [0.05, 0.1) is 0 Å². The molecule has 0 aliphatic heterocycles. The van der Waals surface area contributed by atoms with Crippen molar-refractivity contribution in [2.75, 3.05) is 12.5 Å². The Morgan fingerprint density at radius 1 is 1.52 bits per heavy atom. The predicted octanol–water partition coefficient (Wildman–Crippen LogP) is 2.44. The van der Waals surface area contributed by atoms with Gasteiger partial charge in [0, 0.05) is 35.6 Å². The largest absolute Gasteiger partial charge is 0.339 e. The molecule has 1 amide bonds. The highest BCUT2D eigenvalue weighted by Crippen LogP contribution is 2.16. The molecule has 0 spiro atoms. The van der Waals surface area contributed by atoms with E-state index in [4.69, 9.17) is 5.84 Å². The quantitative estimate of drug-likeness (QED) is 0.657. The summed E-state index contributed by atoms with van der Waals surface area (Å²) >= 11 is 1.71. The first-order chi connectivity index (χ1) is 10.0. The number of thiophene rings is 1. The van der Waals surface area contributed by atoms with E-state index in [1.807, 2.05) is 27.0 Å². The van der Waals surface area contributed by atoms with Crippen molar-refractivity contribution in [3.05, 3.63) is 45.8 Å². The number of nitrogens with one attached hydrogen (secondary N) is 1. The first-order valence-electron chi connectivity index (χ1n) is 6.76. The highest BCUT2D eigenvalue weighted by molar-refractivity contribution is 7.09. The zero-order valence-electron chi connectivity index (χ0n) is 12.5. The van der Waals surface area contributed by atoms with E-state index >= 15 is 0 Å². The van der Waals surface area contributed by atoms with Crippen molar-refractivity contribution < 1.29 is 4.79 Å². The molecule has 3 N–H and O–H groups in total. The van der Waals surface area contributed by atoms with Crippen LogP contribution in [0, 0.1) is 6.92 Å². The lowest BCUT2D eigenvalue weighted by Gasteiger charge is -2.25. The average Bonchev–Trinajstić information content (AvgIpc) is 2.97. The van der Waals surface area contributed by atoms with Crippen LogP contribution in [0.2, 0.25) is 0 Å². The van der Waals surface area contributed by atoms with Gasteiger partial charge in [-0.2, -0.15) is 0 Å². The van der Waals surface area contributed by atoms with Crippen LogP contribution >= 0.6 is 11.3 Å². The lowest BCUT2D eigenvalue weighted by molar-refractivity contribution is 0.0744. The first-order valence-corrected chi connectivity index (χ1v) is 7.64. The normalized spacial score (nSPS) is 12.0. The molecule has 1 atom stereocenters. The molecule has 0 saturated heterocycles. The van der Waals surface area contributed by atoms with Crippen molar-refractivity contribution in [3.63, 3.8) is 0 Å². The number of nitrogens with two attached hydrogens (primary N) is 1. The minimum absolute atomic E-state index is 0.0268. The number of rotatable bonds is 5. The SMILES string of the molecule is Cc1cc(C(=O)N(C)C(C)Cc2cccs2)cc(NN)n1. The molecule has 21 heavy (non-hydrogen) atoms. The molecule has 1 unspecified atom stereocenters. The Morgan fingerprint density at radius 2 is 2.29 bits per heavy atom. The minimum atomic E-state index is -0.0268. The van der Waals surface area contributed by atoms with Crippen LogP contribution in [0.5, 0.6) is 0 Å². The van der Waals surface area contributed by atoms with Crippen LogP contribution in [-0.4, -0.2) is 28.9 Å². The third kappa shape index (κ3) is 3.80. The Kier molecular flexibility index (Phi) is 4.93. The summed E-state index contributed by atoms with van der Waals surface area (Å²) in [6.07, 6.45) is 0.853. The zero-order chi connectivity index (χ0) is 15.4. The van der Waals surface area contributed by atoms with E-state index in [1.165, 1.54) is 4.88 Å². The van der Waals surface area contributed by atoms with Gasteiger partial charge in [-0.25, -0.2) is 10.8 Å². The molecule has 2 aromatic heterocycles. The summed E-state index contributed by atoms with van der Waals surface area (Å²) in [6.45, 7) is 3.89. The number of carbonyl (C=O) groups excluding carboxylic acids is 1. The Balaban J connectivity index is 2.13. The number of aromatic nitrogens is 1. The molecule has 112 valence electrons. The number of likely N-dealkylation sites (N-methyl/N-ethyl adjacent to an activating group) is 1. The van der Waals surface area contributed by atoms with Gasteiger partial charge in [-0.05, 0) is 37.4 Å². The molecule has 0 fully saturated rings. The fourth-order valence-electron chi connectivity index (χ4n) is 2.13. The van der Waals surface area contributed by atoms with E-state index < -0.39 is 0 Å². The number of aryl methyl sites for hydroxylation is 1. The van der Waals surface area contributed by atoms with Gasteiger partial charge in [0.25, 0.3) is 5.91 Å². The summed E-state index contributed by atoms with van der Waals surface area (Å²) in [5, 5.41) is 2.05. The van der Waals surface area contributed by atoms with E-state index in [2.05, 4.69) is 21.9 Å². The summed E-state index contributed by atoms with van der Waals surface area (Å²) in [6, 6.07) is 7.69. The highest BCUT2D eigenvalue weighted by Gasteiger charge is 2.19. The Labute approximate surface area is 128 Å². The number of hydrogen-bond acceptors (Lipinski definition) is 5. The van der Waals surface area contributed by atoms with Gasteiger partial charge >= 0.3 is 0 Å². The molecule has 0 aliphatic carbocycles. The number of anilines is 1. The van der Waals surface area contributed by atoms with Crippen LogP contribution in [-0.2, 0) is 6.42 Å². The van der Waals surface area contributed by atoms with E-state index in [9.17, 15) is 4.79 Å². The van der Waals surface area contributed by atoms with Gasteiger partial charge in [-0.1, -0.05) is 6.07 Å². The van der Waals surface area contributed by atoms with Crippen molar-refractivity contribution in [2.24, 2.45) is 5.84 Å². The van der Waals surface area contributed by atoms with Crippen molar-refractivity contribution in [1.29, 1.82) is 0 Å². The second-order valence-electron chi connectivity index (χ2n) is 5.08. The van der Waals surface area contributed by atoms with Gasteiger partial charge < -0.3 is 10.3 Å². The van der Waals surface area contributed by atoms with Gasteiger partial charge in [-0.3, -0.25) is 4.79 Å². The molecular weight excluding hydrogens is 284 g/mol. The van der Waals surface area contributed by atoms with Crippen LogP contribution in [0.1, 0.15) is 27.9 Å². The number of amides is 1. The van der Waals surface area contributed by atoms with Crippen LogP contribution in [0.4, 0.5) is 5.82 Å². The van der Waals surface area contributed by atoms with E-state index in [0.29, 0.717) is 11.4 Å². The number of pyridine rings is 1. The van der Waals surface area contributed by atoms with Crippen molar-refractivity contribution in [3.8, 4) is 0 Å². The van der Waals surface area contributed by atoms with Gasteiger partial charge in [0.2, 0.25) is 0 Å². The fourth-order valence-corrected chi connectivity index (χ4v) is 2.95. The molecule has 0 bridgehead atoms. The maximum atomic E-state index is 12.6. The van der Waals surface area contributed by atoms with Crippen molar-refractivity contribution in [2.45, 2.75) is 26.3 Å². The minimum Gasteiger partial charge on any atom is -0.339 e. The van der Waals surface area contributed by atoms with Crippen molar-refractivity contribution >= 4 is 23.1 Å². The summed E-state index contributed by atoms with van der Waals surface area (Å²) in [5.41, 5.74) is 3.84. The molecule has 5 nitrogen and oxygen atoms in total. The second-order valence-corrected chi connectivity index (χ2v) is 6.11. The maximum Gasteiger partial charge on any atom is 0.254 e. The molecule has 2 aromatic rings. The zero-order valence-corrected chi connectivity index (χ0v) is 13.3. The summed E-state index contributed by atoms with van der Waals surface area (Å²) < 4.78 is 0. The number of carbonyl (C=O) groups is 1. The van der Waals surface area contributed by atoms with Crippen LogP contribution in [0.15, 0.2) is 29.6 Å². The fraction of sp³-hybridized carbons (Fsp3) is 0.333. The number of hydrogen-bond donors (Lipinski definition) is 2. The third-order valence-corrected chi connectivity index (χ3v) is 4.31. The Morgan fingerprint density at radius 3 is 2.90 bits per heavy atom. The highest BCUT2D eigenvalue weighted by atomic mass is 32.1. The number of nitrogens with zero attached hydrogens (tertiary/aromatic N) is 2. The molecule has 6 heteroatoms. The predicted molar refractivity (Wildman–Crippen MR) is 86.4 cm³/mol. The molecule has 2 heterocycles. The topological polar surface area (TPSA) is 71.2 Å². The Hall–Kier alpha value is -1.92. The lowest BCUT2D eigenvalue weighted by Crippen LogP contribution is -2.36. The molecule has 0 saturated carbocycles. The monoisotopic (exact) mass is 304 g/mol. The molecular formula is C15H20N4OS. The average molecular weight is 304 g/mol. The summed E-state index contributed by atoms with van der Waals surface area (Å²) in [4.78, 5) is 19.8. The van der Waals surface area contributed by atoms with Crippen molar-refractivity contribution in [1.82, 2.24) is 9.88 Å². The molecule has 0 aromatic carbocycles. The van der Waals surface area contributed by atoms with Crippen LogP contribution in [0.25, 0.3) is 0 Å². The van der Waals surface area contributed by atoms with Gasteiger partial charge in [0.15, 0.2) is 0 Å². The molecule has 2 rings (SSSR count). The lowest BCUT2D eigenvalue weighted by atomic mass is 10.1.